The number of nitrogens with zero attached hydrogens (tertiary/aromatic N) is 2. The first-order valence-electron chi connectivity index (χ1n) is 7.41. The van der Waals surface area contributed by atoms with Crippen molar-refractivity contribution in [3.8, 4) is 5.75 Å². The minimum absolute atomic E-state index is 0.0736. The second-order valence-electron chi connectivity index (χ2n) is 5.33. The van der Waals surface area contributed by atoms with Gasteiger partial charge in [0, 0.05) is 11.6 Å². The molecule has 26 heavy (non-hydrogen) atoms. The molecule has 3 aromatic rings. The van der Waals surface area contributed by atoms with Gasteiger partial charge in [-0.25, -0.2) is 9.37 Å². The summed E-state index contributed by atoms with van der Waals surface area (Å²) in [5.41, 5.74) is -1.87. The highest BCUT2D eigenvalue weighted by molar-refractivity contribution is 7.09. The normalized spacial score (nSPS) is 11.5. The van der Waals surface area contributed by atoms with Gasteiger partial charge in [-0.05, 0) is 36.4 Å². The van der Waals surface area contributed by atoms with Crippen molar-refractivity contribution in [3.63, 3.8) is 0 Å². The van der Waals surface area contributed by atoms with Crippen molar-refractivity contribution >= 4 is 11.3 Å². The number of thiazole rings is 1. The van der Waals surface area contributed by atoms with E-state index in [1.165, 1.54) is 47.9 Å². The second-order valence-corrected chi connectivity index (χ2v) is 6.27. The van der Waals surface area contributed by atoms with Crippen LogP contribution in [0.1, 0.15) is 16.3 Å². The summed E-state index contributed by atoms with van der Waals surface area (Å²) >= 11 is 1.26. The molecular weight excluding hydrogens is 372 g/mol. The van der Waals surface area contributed by atoms with Crippen LogP contribution >= 0.6 is 11.3 Å². The molecular formula is C17H12F4N2O2S. The summed E-state index contributed by atoms with van der Waals surface area (Å²) in [5.74, 6) is 0.0951. The fraction of sp³-hybridized carbons (Fsp3) is 0.176. The Morgan fingerprint density at radius 1 is 1.15 bits per heavy atom. The number of pyridine rings is 1. The SMILES string of the molecule is O=c1c(C(F)(F)F)cccn1Cc1csc(COc2ccc(F)cc2)n1. The predicted octanol–water partition coefficient (Wildman–Crippen LogP) is 4.09. The van der Waals surface area contributed by atoms with Gasteiger partial charge in [0.2, 0.25) is 0 Å². The highest BCUT2D eigenvalue weighted by Crippen LogP contribution is 2.26. The third-order valence-corrected chi connectivity index (χ3v) is 4.30. The molecule has 2 aromatic heterocycles. The first-order chi connectivity index (χ1) is 12.3. The number of hydrogen-bond acceptors (Lipinski definition) is 4. The summed E-state index contributed by atoms with van der Waals surface area (Å²) in [7, 11) is 0. The van der Waals surface area contributed by atoms with Gasteiger partial charge in [0.25, 0.3) is 5.56 Å². The van der Waals surface area contributed by atoms with E-state index in [0.29, 0.717) is 16.5 Å². The Morgan fingerprint density at radius 2 is 1.88 bits per heavy atom. The van der Waals surface area contributed by atoms with E-state index in [9.17, 15) is 22.4 Å². The predicted molar refractivity (Wildman–Crippen MR) is 87.7 cm³/mol. The van der Waals surface area contributed by atoms with Gasteiger partial charge in [-0.3, -0.25) is 4.79 Å². The van der Waals surface area contributed by atoms with Crippen LogP contribution in [0.2, 0.25) is 0 Å². The van der Waals surface area contributed by atoms with Gasteiger partial charge in [0.1, 0.15) is 28.7 Å². The number of aromatic nitrogens is 2. The van der Waals surface area contributed by atoms with Crippen molar-refractivity contribution in [2.45, 2.75) is 19.3 Å². The average molecular weight is 384 g/mol. The summed E-state index contributed by atoms with van der Waals surface area (Å²) in [4.78, 5) is 16.2. The third-order valence-electron chi connectivity index (χ3n) is 3.43. The van der Waals surface area contributed by atoms with Crippen LogP contribution in [-0.2, 0) is 19.3 Å². The lowest BCUT2D eigenvalue weighted by Gasteiger charge is -2.09. The van der Waals surface area contributed by atoms with Crippen LogP contribution in [-0.4, -0.2) is 9.55 Å². The lowest BCUT2D eigenvalue weighted by atomic mass is 10.2. The zero-order valence-electron chi connectivity index (χ0n) is 13.2. The van der Waals surface area contributed by atoms with Crippen molar-refractivity contribution in [2.75, 3.05) is 0 Å². The van der Waals surface area contributed by atoms with Crippen molar-refractivity contribution in [2.24, 2.45) is 0 Å². The number of benzene rings is 1. The zero-order valence-corrected chi connectivity index (χ0v) is 14.0. The van der Waals surface area contributed by atoms with Crippen LogP contribution in [0.3, 0.4) is 0 Å². The van der Waals surface area contributed by atoms with Crippen LogP contribution in [0, 0.1) is 5.82 Å². The van der Waals surface area contributed by atoms with Crippen LogP contribution < -0.4 is 10.3 Å². The summed E-state index contributed by atoms with van der Waals surface area (Å²) in [6.07, 6.45) is -3.41. The van der Waals surface area contributed by atoms with Gasteiger partial charge >= 0.3 is 6.18 Å². The molecule has 0 saturated heterocycles. The van der Waals surface area contributed by atoms with Gasteiger partial charge in [-0.2, -0.15) is 13.2 Å². The summed E-state index contributed by atoms with van der Waals surface area (Å²) in [6.45, 7) is 0.0591. The van der Waals surface area contributed by atoms with Gasteiger partial charge in [0.05, 0.1) is 12.2 Å². The molecule has 0 radical (unpaired) electrons. The maximum Gasteiger partial charge on any atom is 0.421 e. The Kier molecular flexibility index (Phi) is 5.08. The zero-order chi connectivity index (χ0) is 18.7. The summed E-state index contributed by atoms with van der Waals surface area (Å²) < 4.78 is 57.6. The standard InChI is InChI=1S/C17H12F4N2O2S/c18-11-3-5-13(6-4-11)25-9-15-22-12(10-26-15)8-23-7-1-2-14(16(23)24)17(19,20)21/h1-7,10H,8-9H2. The monoisotopic (exact) mass is 384 g/mol. The number of hydrogen-bond donors (Lipinski definition) is 0. The third kappa shape index (κ3) is 4.29. The number of alkyl halides is 3. The molecule has 0 atom stereocenters. The average Bonchev–Trinajstić information content (AvgIpc) is 3.03. The van der Waals surface area contributed by atoms with E-state index in [-0.39, 0.29) is 19.0 Å². The maximum absolute atomic E-state index is 12.8. The topological polar surface area (TPSA) is 44.1 Å². The lowest BCUT2D eigenvalue weighted by molar-refractivity contribution is -0.138. The fourth-order valence-electron chi connectivity index (χ4n) is 2.22. The van der Waals surface area contributed by atoms with Crippen LogP contribution in [0.5, 0.6) is 5.75 Å². The number of ether oxygens (including phenoxy) is 1. The molecule has 4 nitrogen and oxygen atoms in total. The molecule has 9 heteroatoms. The van der Waals surface area contributed by atoms with E-state index >= 15 is 0 Å². The molecule has 0 aliphatic rings. The molecule has 136 valence electrons. The molecule has 2 heterocycles. The summed E-state index contributed by atoms with van der Waals surface area (Å²) in [5, 5.41) is 2.24. The van der Waals surface area contributed by atoms with E-state index < -0.39 is 17.3 Å². The van der Waals surface area contributed by atoms with E-state index in [0.717, 1.165) is 10.6 Å². The number of halogens is 4. The van der Waals surface area contributed by atoms with E-state index in [4.69, 9.17) is 4.74 Å². The first-order valence-corrected chi connectivity index (χ1v) is 8.29. The first kappa shape index (κ1) is 18.1. The molecule has 1 aromatic carbocycles. The van der Waals surface area contributed by atoms with E-state index in [1.54, 1.807) is 5.38 Å². The van der Waals surface area contributed by atoms with Gasteiger partial charge in [-0.15, -0.1) is 11.3 Å². The van der Waals surface area contributed by atoms with Crippen molar-refractivity contribution in [1.29, 1.82) is 0 Å². The number of rotatable bonds is 5. The second kappa shape index (κ2) is 7.28. The summed E-state index contributed by atoms with van der Waals surface area (Å²) in [6, 6.07) is 7.42. The molecule has 0 amide bonds. The van der Waals surface area contributed by atoms with Crippen molar-refractivity contribution in [1.82, 2.24) is 9.55 Å². The van der Waals surface area contributed by atoms with Gasteiger partial charge in [0.15, 0.2) is 0 Å². The lowest BCUT2D eigenvalue weighted by Crippen LogP contribution is -2.28. The molecule has 0 unspecified atom stereocenters. The van der Waals surface area contributed by atoms with Gasteiger partial charge < -0.3 is 9.30 Å². The Hall–Kier alpha value is -2.68. The molecule has 0 aliphatic heterocycles. The Morgan fingerprint density at radius 3 is 2.58 bits per heavy atom. The van der Waals surface area contributed by atoms with Crippen LogP contribution in [0.4, 0.5) is 17.6 Å². The van der Waals surface area contributed by atoms with Crippen molar-refractivity contribution < 1.29 is 22.3 Å². The van der Waals surface area contributed by atoms with E-state index in [1.807, 2.05) is 0 Å². The van der Waals surface area contributed by atoms with Crippen LogP contribution in [0.15, 0.2) is 52.8 Å². The molecule has 3 rings (SSSR count). The molecule has 0 saturated carbocycles. The molecule has 0 fully saturated rings. The quantitative estimate of drug-likeness (QED) is 0.623. The fourth-order valence-corrected chi connectivity index (χ4v) is 2.91. The maximum atomic E-state index is 12.8. The molecule has 0 N–H and O–H groups in total. The Bertz CT molecular complexity index is 948. The smallest absolute Gasteiger partial charge is 0.421 e. The Balaban J connectivity index is 1.69. The highest BCUT2D eigenvalue weighted by atomic mass is 32.1. The molecule has 0 bridgehead atoms. The van der Waals surface area contributed by atoms with E-state index in [2.05, 4.69) is 4.98 Å². The minimum Gasteiger partial charge on any atom is -0.486 e. The molecule has 0 spiro atoms. The highest BCUT2D eigenvalue weighted by Gasteiger charge is 2.34. The van der Waals surface area contributed by atoms with Crippen molar-refractivity contribution in [3.05, 3.63) is 80.4 Å². The Labute approximate surface area is 149 Å². The molecule has 0 aliphatic carbocycles. The minimum atomic E-state index is -4.70. The van der Waals surface area contributed by atoms with Gasteiger partial charge in [-0.1, -0.05) is 0 Å². The van der Waals surface area contributed by atoms with Crippen LogP contribution in [0.25, 0.3) is 0 Å². The largest absolute Gasteiger partial charge is 0.486 e.